The van der Waals surface area contributed by atoms with E-state index in [2.05, 4.69) is 15.6 Å². The van der Waals surface area contributed by atoms with E-state index in [-0.39, 0.29) is 18.2 Å². The fourth-order valence-corrected chi connectivity index (χ4v) is 3.43. The normalized spacial score (nSPS) is 13.4. The Labute approximate surface area is 164 Å². The van der Waals surface area contributed by atoms with E-state index in [0.29, 0.717) is 17.3 Å². The highest BCUT2D eigenvalue weighted by atomic mass is 16.2. The maximum absolute atomic E-state index is 12.7. The second kappa shape index (κ2) is 7.43. The second-order valence-corrected chi connectivity index (χ2v) is 7.37. The summed E-state index contributed by atoms with van der Waals surface area (Å²) >= 11 is 0. The molecule has 142 valence electrons. The molecule has 2 amide bonds. The summed E-state index contributed by atoms with van der Waals surface area (Å²) in [6.45, 7) is 3.97. The molecule has 1 aliphatic carbocycles. The van der Waals surface area contributed by atoms with Crippen LogP contribution in [-0.4, -0.2) is 22.8 Å². The first-order chi connectivity index (χ1) is 13.5. The van der Waals surface area contributed by atoms with Crippen LogP contribution >= 0.6 is 0 Å². The van der Waals surface area contributed by atoms with Gasteiger partial charge in [0.15, 0.2) is 0 Å². The van der Waals surface area contributed by atoms with E-state index in [1.165, 1.54) is 0 Å². The summed E-state index contributed by atoms with van der Waals surface area (Å²) in [5.74, 6) is -0.216. The van der Waals surface area contributed by atoms with Crippen LogP contribution in [0, 0.1) is 13.8 Å². The summed E-state index contributed by atoms with van der Waals surface area (Å²) in [5.41, 5.74) is 5.01. The smallest absolute Gasteiger partial charge is 0.251 e. The minimum atomic E-state index is -0.122. The molecule has 2 N–H and O–H groups in total. The summed E-state index contributed by atoms with van der Waals surface area (Å²) in [6.07, 6.45) is 2.33. The molecule has 1 heterocycles. The highest BCUT2D eigenvalue weighted by molar-refractivity contribution is 5.98. The molecule has 1 fully saturated rings. The number of nitrogens with zero attached hydrogens (tertiary/aromatic N) is 1. The van der Waals surface area contributed by atoms with Gasteiger partial charge in [0.2, 0.25) is 5.91 Å². The van der Waals surface area contributed by atoms with Gasteiger partial charge in [0.1, 0.15) is 0 Å². The number of para-hydroxylation sites is 1. The molecule has 28 heavy (non-hydrogen) atoms. The summed E-state index contributed by atoms with van der Waals surface area (Å²) in [7, 11) is 0. The van der Waals surface area contributed by atoms with Gasteiger partial charge in [-0.25, -0.2) is 0 Å². The number of anilines is 1. The Morgan fingerprint density at radius 1 is 1.07 bits per heavy atom. The Balaban J connectivity index is 1.50. The zero-order chi connectivity index (χ0) is 19.7. The molecule has 0 unspecified atom stereocenters. The molecule has 1 saturated carbocycles. The Morgan fingerprint density at radius 2 is 1.86 bits per heavy atom. The lowest BCUT2D eigenvalue weighted by Crippen LogP contribution is -2.25. The van der Waals surface area contributed by atoms with E-state index >= 15 is 0 Å². The average molecular weight is 373 g/mol. The molecule has 0 aliphatic heterocycles. The predicted octanol–water partition coefficient (Wildman–Crippen LogP) is 3.93. The number of carbonyl (C=O) groups excluding carboxylic acids is 2. The van der Waals surface area contributed by atoms with Crippen LogP contribution in [0.15, 0.2) is 48.5 Å². The Hall–Kier alpha value is -3.21. The molecule has 5 nitrogen and oxygen atoms in total. The van der Waals surface area contributed by atoms with Gasteiger partial charge in [-0.3, -0.25) is 14.6 Å². The Morgan fingerprint density at radius 3 is 2.64 bits per heavy atom. The predicted molar refractivity (Wildman–Crippen MR) is 110 cm³/mol. The van der Waals surface area contributed by atoms with Gasteiger partial charge in [-0.05, 0) is 62.1 Å². The van der Waals surface area contributed by atoms with Crippen molar-refractivity contribution in [2.75, 3.05) is 5.32 Å². The number of aromatic nitrogens is 1. The maximum Gasteiger partial charge on any atom is 0.251 e. The largest absolute Gasteiger partial charge is 0.349 e. The second-order valence-electron chi connectivity index (χ2n) is 7.37. The van der Waals surface area contributed by atoms with E-state index in [9.17, 15) is 9.59 Å². The van der Waals surface area contributed by atoms with E-state index in [0.717, 1.165) is 40.6 Å². The summed E-state index contributed by atoms with van der Waals surface area (Å²) in [6, 6.07) is 15.3. The zero-order valence-electron chi connectivity index (χ0n) is 16.1. The zero-order valence-corrected chi connectivity index (χ0v) is 16.1. The lowest BCUT2D eigenvalue weighted by Gasteiger charge is -2.13. The van der Waals surface area contributed by atoms with Crippen molar-refractivity contribution < 1.29 is 9.59 Å². The number of amides is 2. The van der Waals surface area contributed by atoms with Gasteiger partial charge in [0, 0.05) is 28.4 Å². The summed E-state index contributed by atoms with van der Waals surface area (Å²) < 4.78 is 0. The first-order valence-electron chi connectivity index (χ1n) is 9.57. The van der Waals surface area contributed by atoms with Crippen molar-refractivity contribution in [2.24, 2.45) is 0 Å². The monoisotopic (exact) mass is 373 g/mol. The topological polar surface area (TPSA) is 71.1 Å². The molecule has 1 aromatic heterocycles. The van der Waals surface area contributed by atoms with Crippen molar-refractivity contribution in [1.29, 1.82) is 0 Å². The summed E-state index contributed by atoms with van der Waals surface area (Å²) in [5, 5.41) is 6.94. The number of hydrogen-bond acceptors (Lipinski definition) is 3. The van der Waals surface area contributed by atoms with Gasteiger partial charge in [-0.15, -0.1) is 0 Å². The molecule has 1 aliphatic rings. The molecule has 3 aromatic rings. The van der Waals surface area contributed by atoms with Crippen molar-refractivity contribution in [3.63, 3.8) is 0 Å². The van der Waals surface area contributed by atoms with E-state index in [4.69, 9.17) is 0 Å². The van der Waals surface area contributed by atoms with Crippen molar-refractivity contribution in [2.45, 2.75) is 39.2 Å². The van der Waals surface area contributed by atoms with Crippen molar-refractivity contribution in [3.05, 3.63) is 70.9 Å². The third-order valence-electron chi connectivity index (χ3n) is 5.14. The third kappa shape index (κ3) is 3.88. The number of hydrogen-bond donors (Lipinski definition) is 2. The third-order valence-corrected chi connectivity index (χ3v) is 5.14. The minimum absolute atomic E-state index is 0.0935. The number of pyridine rings is 1. The number of benzene rings is 2. The lowest BCUT2D eigenvalue weighted by molar-refractivity contribution is -0.115. The van der Waals surface area contributed by atoms with Crippen molar-refractivity contribution in [3.8, 4) is 0 Å². The van der Waals surface area contributed by atoms with E-state index < -0.39 is 0 Å². The van der Waals surface area contributed by atoms with E-state index in [1.807, 2.05) is 38.1 Å². The van der Waals surface area contributed by atoms with Crippen LogP contribution < -0.4 is 10.6 Å². The van der Waals surface area contributed by atoms with Gasteiger partial charge in [0.05, 0.1) is 11.9 Å². The molecule has 0 bridgehead atoms. The standard InChI is InChI=1S/C23H23N3O2/c1-14-19-8-3-4-9-21(19)24-15(2)20(14)13-22(27)25-18-7-5-6-16(12-18)23(28)26-17-10-11-17/h3-9,12,17H,10-11,13H2,1-2H3,(H,25,27)(H,26,28). The average Bonchev–Trinajstić information content (AvgIpc) is 3.49. The highest BCUT2D eigenvalue weighted by Gasteiger charge is 2.23. The number of nitrogens with one attached hydrogen (secondary N) is 2. The first kappa shape index (κ1) is 18.2. The minimum Gasteiger partial charge on any atom is -0.349 e. The molecule has 0 radical (unpaired) electrons. The van der Waals surface area contributed by atoms with Gasteiger partial charge in [-0.2, -0.15) is 0 Å². The van der Waals surface area contributed by atoms with Crippen molar-refractivity contribution >= 4 is 28.4 Å². The van der Waals surface area contributed by atoms with Gasteiger partial charge >= 0.3 is 0 Å². The van der Waals surface area contributed by atoms with Crippen LogP contribution in [0.3, 0.4) is 0 Å². The molecule has 0 spiro atoms. The van der Waals surface area contributed by atoms with Crippen LogP contribution in [0.25, 0.3) is 10.9 Å². The van der Waals surface area contributed by atoms with Crippen molar-refractivity contribution in [1.82, 2.24) is 10.3 Å². The quantitative estimate of drug-likeness (QED) is 0.712. The molecule has 4 rings (SSSR count). The lowest BCUT2D eigenvalue weighted by atomic mass is 9.99. The van der Waals surface area contributed by atoms with Crippen LogP contribution in [-0.2, 0) is 11.2 Å². The molecule has 0 saturated heterocycles. The van der Waals surface area contributed by atoms with Gasteiger partial charge in [-0.1, -0.05) is 24.3 Å². The molecule has 0 atom stereocenters. The summed E-state index contributed by atoms with van der Waals surface area (Å²) in [4.78, 5) is 29.5. The number of rotatable bonds is 5. The van der Waals surface area contributed by atoms with Gasteiger partial charge < -0.3 is 10.6 Å². The SMILES string of the molecule is Cc1nc2ccccc2c(C)c1CC(=O)Nc1cccc(C(=O)NC2CC2)c1. The Bertz CT molecular complexity index is 1070. The number of carbonyl (C=O) groups is 2. The Kier molecular flexibility index (Phi) is 4.82. The fraction of sp³-hybridized carbons (Fsp3) is 0.261. The molecular formula is C23H23N3O2. The van der Waals surface area contributed by atoms with E-state index in [1.54, 1.807) is 24.3 Å². The molecular weight excluding hydrogens is 350 g/mol. The van der Waals surface area contributed by atoms with Crippen LogP contribution in [0.4, 0.5) is 5.69 Å². The molecule has 5 heteroatoms. The van der Waals surface area contributed by atoms with Gasteiger partial charge in [0.25, 0.3) is 5.91 Å². The number of aryl methyl sites for hydroxylation is 2. The van der Waals surface area contributed by atoms with Crippen LogP contribution in [0.2, 0.25) is 0 Å². The maximum atomic E-state index is 12.7. The number of fused-ring (bicyclic) bond motifs is 1. The molecule has 2 aromatic carbocycles. The van der Waals surface area contributed by atoms with Crippen LogP contribution in [0.5, 0.6) is 0 Å². The van der Waals surface area contributed by atoms with Crippen LogP contribution in [0.1, 0.15) is 40.0 Å². The first-order valence-corrected chi connectivity index (χ1v) is 9.57. The highest BCUT2D eigenvalue weighted by Crippen LogP contribution is 2.23. The fourth-order valence-electron chi connectivity index (χ4n) is 3.43.